The van der Waals surface area contributed by atoms with Gasteiger partial charge in [0, 0.05) is 12.0 Å². The highest BCUT2D eigenvalue weighted by Gasteiger charge is 2.10. The molecule has 1 N–H and O–H groups in total. The largest absolute Gasteiger partial charge is 0.441 e. The molecule has 0 radical (unpaired) electrons. The molecule has 0 amide bonds. The van der Waals surface area contributed by atoms with E-state index in [1.165, 1.54) is 12.1 Å². The van der Waals surface area contributed by atoms with Crippen molar-refractivity contribution in [1.29, 1.82) is 0 Å². The number of halogens is 2. The molecule has 108 valence electrons. The monoisotopic (exact) mass is 296 g/mol. The number of nitrogens with one attached hydrogen (secondary N) is 1. The van der Waals surface area contributed by atoms with Gasteiger partial charge in [0.25, 0.3) is 0 Å². The van der Waals surface area contributed by atoms with Crippen LogP contribution in [0, 0.1) is 5.82 Å². The molecule has 0 saturated heterocycles. The van der Waals surface area contributed by atoms with Crippen molar-refractivity contribution in [2.24, 2.45) is 0 Å². The number of aromatic nitrogens is 1. The van der Waals surface area contributed by atoms with E-state index >= 15 is 0 Å². The average molecular weight is 297 g/mol. The first kappa shape index (κ1) is 15.0. The van der Waals surface area contributed by atoms with Crippen LogP contribution in [0.3, 0.4) is 0 Å². The Hall–Kier alpha value is -1.39. The summed E-state index contributed by atoms with van der Waals surface area (Å²) in [6.45, 7) is 4.12. The molecule has 0 fully saturated rings. The van der Waals surface area contributed by atoms with Gasteiger partial charge in [-0.2, -0.15) is 0 Å². The summed E-state index contributed by atoms with van der Waals surface area (Å²) in [5.74, 6) is 0.894. The minimum Gasteiger partial charge on any atom is -0.441 e. The molecule has 1 aromatic carbocycles. The minimum absolute atomic E-state index is 0.331. The third kappa shape index (κ3) is 4.05. The minimum atomic E-state index is -0.361. The number of nitrogens with zero attached hydrogens (tertiary/aromatic N) is 1. The van der Waals surface area contributed by atoms with E-state index in [-0.39, 0.29) is 5.82 Å². The van der Waals surface area contributed by atoms with Crippen molar-refractivity contribution in [2.75, 3.05) is 13.1 Å². The van der Waals surface area contributed by atoms with E-state index in [9.17, 15) is 4.39 Å². The predicted molar refractivity (Wildman–Crippen MR) is 78.4 cm³/mol. The Kier molecular flexibility index (Phi) is 5.56. The smallest absolute Gasteiger partial charge is 0.194 e. The Morgan fingerprint density at radius 2 is 2.20 bits per heavy atom. The van der Waals surface area contributed by atoms with Gasteiger partial charge in [-0.25, -0.2) is 9.37 Å². The van der Waals surface area contributed by atoms with Crippen LogP contribution in [-0.2, 0) is 6.42 Å². The van der Waals surface area contributed by atoms with Gasteiger partial charge in [-0.05, 0) is 44.1 Å². The van der Waals surface area contributed by atoms with E-state index < -0.39 is 0 Å². The zero-order valence-electron chi connectivity index (χ0n) is 11.5. The van der Waals surface area contributed by atoms with Crippen molar-refractivity contribution < 1.29 is 8.81 Å². The molecule has 20 heavy (non-hydrogen) atoms. The van der Waals surface area contributed by atoms with E-state index in [4.69, 9.17) is 16.0 Å². The van der Waals surface area contributed by atoms with Gasteiger partial charge in [0.15, 0.2) is 11.7 Å². The van der Waals surface area contributed by atoms with Gasteiger partial charge in [0.05, 0.1) is 11.2 Å². The van der Waals surface area contributed by atoms with Crippen molar-refractivity contribution in [3.8, 4) is 11.3 Å². The number of hydrogen-bond donors (Lipinski definition) is 1. The molecule has 0 spiro atoms. The number of aryl methyl sites for hydroxylation is 1. The second-order valence-electron chi connectivity index (χ2n) is 4.60. The van der Waals surface area contributed by atoms with Crippen LogP contribution in [-0.4, -0.2) is 18.1 Å². The average Bonchev–Trinajstić information content (AvgIpc) is 2.87. The Morgan fingerprint density at radius 1 is 1.35 bits per heavy atom. The fourth-order valence-electron chi connectivity index (χ4n) is 1.91. The van der Waals surface area contributed by atoms with Crippen LogP contribution in [0.25, 0.3) is 11.3 Å². The third-order valence-corrected chi connectivity index (χ3v) is 3.23. The Labute approximate surface area is 123 Å². The van der Waals surface area contributed by atoms with Crippen molar-refractivity contribution >= 4 is 11.6 Å². The van der Waals surface area contributed by atoms with Crippen molar-refractivity contribution in [1.82, 2.24) is 10.3 Å². The van der Waals surface area contributed by atoms with Gasteiger partial charge in [0.1, 0.15) is 5.82 Å². The lowest BCUT2D eigenvalue weighted by atomic mass is 10.2. The second-order valence-corrected chi connectivity index (χ2v) is 5.00. The van der Waals surface area contributed by atoms with Crippen LogP contribution in [0.4, 0.5) is 4.39 Å². The van der Waals surface area contributed by atoms with Crippen LogP contribution in [0.5, 0.6) is 0 Å². The quantitative estimate of drug-likeness (QED) is 0.783. The number of hydrogen-bond acceptors (Lipinski definition) is 3. The van der Waals surface area contributed by atoms with Crippen LogP contribution in [0.2, 0.25) is 5.02 Å². The lowest BCUT2D eigenvalue weighted by molar-refractivity contribution is 0.491. The maximum absolute atomic E-state index is 13.0. The highest BCUT2D eigenvalue weighted by atomic mass is 35.5. The fourth-order valence-corrected chi connectivity index (χ4v) is 2.17. The summed E-state index contributed by atoms with van der Waals surface area (Å²) in [4.78, 5) is 4.23. The summed E-state index contributed by atoms with van der Waals surface area (Å²) in [5.41, 5.74) is 0.663. The normalized spacial score (nSPS) is 10.9. The summed E-state index contributed by atoms with van der Waals surface area (Å²) < 4.78 is 18.7. The first-order chi connectivity index (χ1) is 9.70. The standard InChI is InChI=1S/C15H18ClFN2O/c1-2-7-18-8-3-4-15-19-10-14(20-15)12-6-5-11(17)9-13(12)16/h5-6,9-10,18H,2-4,7-8H2,1H3. The molecule has 1 aromatic heterocycles. The molecule has 0 aliphatic heterocycles. The molecular weight excluding hydrogens is 279 g/mol. The summed E-state index contributed by atoms with van der Waals surface area (Å²) in [7, 11) is 0. The topological polar surface area (TPSA) is 38.1 Å². The molecule has 0 bridgehead atoms. The summed E-state index contributed by atoms with van der Waals surface area (Å²) in [6, 6.07) is 4.23. The van der Waals surface area contributed by atoms with Gasteiger partial charge < -0.3 is 9.73 Å². The Bertz CT molecular complexity index is 557. The van der Waals surface area contributed by atoms with Crippen LogP contribution >= 0.6 is 11.6 Å². The van der Waals surface area contributed by atoms with Gasteiger partial charge in [0.2, 0.25) is 0 Å². The Morgan fingerprint density at radius 3 is 2.95 bits per heavy atom. The highest BCUT2D eigenvalue weighted by Crippen LogP contribution is 2.29. The van der Waals surface area contributed by atoms with E-state index in [1.807, 2.05) is 0 Å². The van der Waals surface area contributed by atoms with Gasteiger partial charge in [-0.3, -0.25) is 0 Å². The molecule has 0 unspecified atom stereocenters. The number of rotatable bonds is 7. The zero-order chi connectivity index (χ0) is 14.4. The van der Waals surface area contributed by atoms with Gasteiger partial charge in [-0.1, -0.05) is 18.5 Å². The maximum Gasteiger partial charge on any atom is 0.194 e. The van der Waals surface area contributed by atoms with E-state index in [0.717, 1.165) is 32.4 Å². The lowest BCUT2D eigenvalue weighted by Crippen LogP contribution is -2.16. The SMILES string of the molecule is CCCNCCCc1ncc(-c2ccc(F)cc2Cl)o1. The van der Waals surface area contributed by atoms with Crippen LogP contribution < -0.4 is 5.32 Å². The van der Waals surface area contributed by atoms with E-state index in [2.05, 4.69) is 17.2 Å². The van der Waals surface area contributed by atoms with Crippen LogP contribution in [0.1, 0.15) is 25.7 Å². The van der Waals surface area contributed by atoms with E-state index in [0.29, 0.717) is 22.2 Å². The maximum atomic E-state index is 13.0. The molecule has 5 heteroatoms. The fraction of sp³-hybridized carbons (Fsp3) is 0.400. The molecule has 0 aliphatic carbocycles. The molecule has 3 nitrogen and oxygen atoms in total. The summed E-state index contributed by atoms with van der Waals surface area (Å²) >= 11 is 6.00. The molecule has 1 heterocycles. The second kappa shape index (κ2) is 7.41. The Balaban J connectivity index is 1.95. The molecule has 2 aromatic rings. The predicted octanol–water partition coefficient (Wildman–Crippen LogP) is 4.07. The van der Waals surface area contributed by atoms with Crippen molar-refractivity contribution in [3.63, 3.8) is 0 Å². The molecule has 2 rings (SSSR count). The number of benzene rings is 1. The highest BCUT2D eigenvalue weighted by molar-refractivity contribution is 6.33. The van der Waals surface area contributed by atoms with Crippen molar-refractivity contribution in [2.45, 2.75) is 26.2 Å². The number of oxazole rings is 1. The molecule has 0 atom stereocenters. The third-order valence-electron chi connectivity index (χ3n) is 2.92. The first-order valence-electron chi connectivity index (χ1n) is 6.81. The van der Waals surface area contributed by atoms with Gasteiger partial charge >= 0.3 is 0 Å². The lowest BCUT2D eigenvalue weighted by Gasteiger charge is -2.01. The zero-order valence-corrected chi connectivity index (χ0v) is 12.2. The summed E-state index contributed by atoms with van der Waals surface area (Å²) in [6.07, 6.45) is 4.51. The van der Waals surface area contributed by atoms with Crippen molar-refractivity contribution in [3.05, 3.63) is 41.1 Å². The molecule has 0 aliphatic rings. The first-order valence-corrected chi connectivity index (χ1v) is 7.19. The molecular formula is C15H18ClFN2O. The van der Waals surface area contributed by atoms with E-state index in [1.54, 1.807) is 12.3 Å². The molecule has 0 saturated carbocycles. The summed E-state index contributed by atoms with van der Waals surface area (Å²) in [5, 5.41) is 3.66. The van der Waals surface area contributed by atoms with Crippen LogP contribution in [0.15, 0.2) is 28.8 Å². The van der Waals surface area contributed by atoms with Gasteiger partial charge in [-0.15, -0.1) is 0 Å².